The Hall–Kier alpha value is -6.19. The first-order valence-electron chi connectivity index (χ1n) is 18.0. The number of nitrogens with zero attached hydrogens (tertiary/aromatic N) is 7. The van der Waals surface area contributed by atoms with Gasteiger partial charge in [-0.15, -0.1) is 0 Å². The summed E-state index contributed by atoms with van der Waals surface area (Å²) in [5, 5.41) is 20.5. The molecule has 0 saturated carbocycles. The number of amides is 4. The van der Waals surface area contributed by atoms with E-state index >= 15 is 0 Å². The number of rotatable bonds is 6. The van der Waals surface area contributed by atoms with Gasteiger partial charge in [0.1, 0.15) is 43.1 Å². The molecule has 4 amide bonds. The average molecular weight is 736 g/mol. The van der Waals surface area contributed by atoms with Crippen molar-refractivity contribution >= 4 is 29.4 Å². The summed E-state index contributed by atoms with van der Waals surface area (Å²) in [4.78, 5) is 67.8. The van der Waals surface area contributed by atoms with Crippen molar-refractivity contribution in [3.63, 3.8) is 0 Å². The minimum atomic E-state index is -0.994. The third-order valence-electron chi connectivity index (χ3n) is 9.32. The lowest BCUT2D eigenvalue weighted by molar-refractivity contribution is -0.133. The topological polar surface area (TPSA) is 199 Å². The van der Waals surface area contributed by atoms with Crippen LogP contribution in [0.1, 0.15) is 61.6 Å². The number of carbonyl (C=O) groups excluding carboxylic acids is 4. The number of fused-ring (bicyclic) bond motifs is 15. The van der Waals surface area contributed by atoms with Crippen LogP contribution in [0, 0.1) is 19.8 Å². The van der Waals surface area contributed by atoms with Crippen LogP contribution in [0.3, 0.4) is 0 Å². The Morgan fingerprint density at radius 2 is 1.76 bits per heavy atom. The van der Waals surface area contributed by atoms with Crippen LogP contribution < -0.4 is 26.0 Å². The van der Waals surface area contributed by atoms with Gasteiger partial charge >= 0.3 is 0 Å². The molecule has 2 aliphatic rings. The molecule has 7 rings (SSSR count). The number of carbonyl (C=O) groups is 4. The third-order valence-corrected chi connectivity index (χ3v) is 9.32. The minimum absolute atomic E-state index is 0.0912. The summed E-state index contributed by atoms with van der Waals surface area (Å²) in [5.41, 5.74) is 3.98. The number of hydrogen-bond acceptors (Lipinski definition) is 10. The highest BCUT2D eigenvalue weighted by molar-refractivity contribution is 5.92. The van der Waals surface area contributed by atoms with E-state index < -0.39 is 29.9 Å². The smallest absolute Gasteiger partial charge is 0.252 e. The van der Waals surface area contributed by atoms with Gasteiger partial charge in [-0.1, -0.05) is 56.3 Å². The molecule has 2 aromatic carbocycles. The van der Waals surface area contributed by atoms with E-state index in [2.05, 4.69) is 41.4 Å². The van der Waals surface area contributed by atoms with Crippen LogP contribution in [0.4, 0.5) is 0 Å². The van der Waals surface area contributed by atoms with Crippen molar-refractivity contribution in [2.45, 2.75) is 78.6 Å². The number of nitrogens with one attached hydrogen (secondary N) is 4. The summed E-state index contributed by atoms with van der Waals surface area (Å²) < 4.78 is 8.96. The lowest BCUT2D eigenvalue weighted by Gasteiger charge is -2.27. The Kier molecular flexibility index (Phi) is 11.6. The summed E-state index contributed by atoms with van der Waals surface area (Å²) in [6, 6.07) is 13.9. The van der Waals surface area contributed by atoms with E-state index in [0.29, 0.717) is 29.6 Å². The van der Waals surface area contributed by atoms with Crippen LogP contribution in [-0.4, -0.2) is 83.2 Å². The number of benzene rings is 2. The number of ether oxygens (including phenoxy) is 1. The van der Waals surface area contributed by atoms with E-state index in [1.54, 1.807) is 23.6 Å². The number of aryl methyl sites for hydroxylation is 2. The Labute approximate surface area is 312 Å². The number of aromatic nitrogens is 7. The summed E-state index contributed by atoms with van der Waals surface area (Å²) in [7, 11) is 0. The molecule has 0 spiro atoms. The molecule has 3 atom stereocenters. The molecular formula is C38H45N11O5. The number of hydrogen-bond donors (Lipinski definition) is 4. The highest BCUT2D eigenvalue weighted by Crippen LogP contribution is 2.20. The van der Waals surface area contributed by atoms with Gasteiger partial charge in [0.15, 0.2) is 5.82 Å². The van der Waals surface area contributed by atoms with E-state index in [9.17, 15) is 19.2 Å². The average Bonchev–Trinajstić information content (AvgIpc) is 3.80. The Morgan fingerprint density at radius 1 is 1.00 bits per heavy atom. The predicted molar refractivity (Wildman–Crippen MR) is 198 cm³/mol. The molecule has 5 aromatic rings. The highest BCUT2D eigenvalue weighted by atomic mass is 16.5. The summed E-state index contributed by atoms with van der Waals surface area (Å²) in [5.74, 6) is -0.0881. The standard InChI is InChI=1S/C38H45N11O5/c1-22(2)33-37(53)42-24(4)35-46-34(27-9-7-6-8-10-27)47-48(35)20-32(51)39-17-18-54-28-13-11-26(12-14-28)19-30(36(52)45-33)44-31(50)16-15-29-23(3)43-38-40-21-41-49(38)25(29)5/h6-14,21-22,24,30,33H,15-20H2,1-5H3,(H,39,51)(H,42,53)(H,44,50)(H,45,52)/t24-,30-,33+/m0/s1. The largest absolute Gasteiger partial charge is 0.492 e. The molecule has 5 heterocycles. The molecule has 0 unspecified atom stereocenters. The molecule has 0 radical (unpaired) electrons. The Morgan fingerprint density at radius 3 is 2.50 bits per heavy atom. The third kappa shape index (κ3) is 8.87. The molecule has 0 saturated heterocycles. The van der Waals surface area contributed by atoms with Gasteiger partial charge in [0.2, 0.25) is 23.6 Å². The van der Waals surface area contributed by atoms with Crippen LogP contribution in [0.25, 0.3) is 17.2 Å². The van der Waals surface area contributed by atoms with E-state index in [4.69, 9.17) is 9.72 Å². The molecule has 54 heavy (non-hydrogen) atoms. The molecule has 2 aliphatic heterocycles. The molecular weight excluding hydrogens is 690 g/mol. The normalized spacial score (nSPS) is 18.7. The summed E-state index contributed by atoms with van der Waals surface area (Å²) in [6.45, 7) is 9.48. The molecule has 2 bridgehead atoms. The Bertz CT molecular complexity index is 2130. The summed E-state index contributed by atoms with van der Waals surface area (Å²) >= 11 is 0. The van der Waals surface area contributed by atoms with E-state index in [0.717, 1.165) is 28.1 Å². The first kappa shape index (κ1) is 37.6. The molecule has 16 heteroatoms. The van der Waals surface area contributed by atoms with E-state index in [1.807, 2.05) is 70.2 Å². The van der Waals surface area contributed by atoms with Gasteiger partial charge in [0.05, 0.1) is 12.6 Å². The fourth-order valence-corrected chi connectivity index (χ4v) is 6.40. The second-order valence-corrected chi connectivity index (χ2v) is 13.7. The minimum Gasteiger partial charge on any atom is -0.492 e. The zero-order valence-corrected chi connectivity index (χ0v) is 31.0. The van der Waals surface area contributed by atoms with Crippen molar-refractivity contribution in [1.82, 2.24) is 55.6 Å². The van der Waals surface area contributed by atoms with Crippen molar-refractivity contribution in [2.24, 2.45) is 5.92 Å². The van der Waals surface area contributed by atoms with Gasteiger partial charge in [0, 0.05) is 29.8 Å². The summed E-state index contributed by atoms with van der Waals surface area (Å²) in [6.07, 6.45) is 2.06. The molecule has 0 fully saturated rings. The first-order chi connectivity index (χ1) is 26.0. The van der Waals surface area contributed by atoms with Crippen molar-refractivity contribution in [3.05, 3.63) is 89.3 Å². The van der Waals surface area contributed by atoms with Gasteiger partial charge in [-0.2, -0.15) is 15.2 Å². The lowest BCUT2D eigenvalue weighted by Crippen LogP contribution is -2.56. The van der Waals surface area contributed by atoms with Crippen LogP contribution in [0.5, 0.6) is 5.75 Å². The monoisotopic (exact) mass is 735 g/mol. The SMILES string of the molecule is Cc1nc2ncnn2c(C)c1CCC(=O)N[C@H]1Cc2ccc(cc2)OCCNC(=O)Cn2nc(-c3ccccc3)nc2[C@H](C)NC(=O)[C@@H](C(C)C)NC1=O. The van der Waals surface area contributed by atoms with Gasteiger partial charge < -0.3 is 26.0 Å². The molecule has 282 valence electrons. The van der Waals surface area contributed by atoms with Crippen molar-refractivity contribution in [3.8, 4) is 17.1 Å². The van der Waals surface area contributed by atoms with Crippen molar-refractivity contribution in [2.75, 3.05) is 13.2 Å². The maximum Gasteiger partial charge on any atom is 0.252 e. The van der Waals surface area contributed by atoms with Gasteiger partial charge in [0.25, 0.3) is 5.78 Å². The van der Waals surface area contributed by atoms with Crippen LogP contribution in [0.2, 0.25) is 0 Å². The quantitative estimate of drug-likeness (QED) is 0.201. The van der Waals surface area contributed by atoms with Crippen LogP contribution in [-0.2, 0) is 38.6 Å². The zero-order chi connectivity index (χ0) is 38.4. The predicted octanol–water partition coefficient (Wildman–Crippen LogP) is 2.19. The molecule has 16 nitrogen and oxygen atoms in total. The van der Waals surface area contributed by atoms with Crippen LogP contribution >= 0.6 is 0 Å². The fraction of sp³-hybridized carbons (Fsp3) is 0.395. The van der Waals surface area contributed by atoms with Gasteiger partial charge in [-0.05, 0) is 56.4 Å². The molecule has 4 N–H and O–H groups in total. The van der Waals surface area contributed by atoms with Crippen molar-refractivity contribution < 1.29 is 23.9 Å². The van der Waals surface area contributed by atoms with Gasteiger partial charge in [-0.3, -0.25) is 19.2 Å². The van der Waals surface area contributed by atoms with E-state index in [1.165, 1.54) is 11.0 Å². The van der Waals surface area contributed by atoms with E-state index in [-0.39, 0.29) is 50.3 Å². The Balaban J connectivity index is 1.24. The molecule has 0 aliphatic carbocycles. The second kappa shape index (κ2) is 16.7. The first-order valence-corrected chi connectivity index (χ1v) is 18.0. The maximum atomic E-state index is 14.0. The fourth-order valence-electron chi connectivity index (χ4n) is 6.40. The molecule has 3 aromatic heterocycles. The van der Waals surface area contributed by atoms with Gasteiger partial charge in [-0.25, -0.2) is 19.2 Å². The highest BCUT2D eigenvalue weighted by Gasteiger charge is 2.31. The maximum absolute atomic E-state index is 14.0. The van der Waals surface area contributed by atoms with Crippen LogP contribution in [0.15, 0.2) is 60.9 Å². The second-order valence-electron chi connectivity index (χ2n) is 13.7. The lowest BCUT2D eigenvalue weighted by atomic mass is 10.00. The zero-order valence-electron chi connectivity index (χ0n) is 31.0. The van der Waals surface area contributed by atoms with Crippen molar-refractivity contribution in [1.29, 1.82) is 0 Å².